The van der Waals surface area contributed by atoms with Gasteiger partial charge >= 0.3 is 0 Å². The van der Waals surface area contributed by atoms with Gasteiger partial charge in [-0.1, -0.05) is 12.2 Å². The van der Waals surface area contributed by atoms with Crippen LogP contribution in [0.1, 0.15) is 12.0 Å². The van der Waals surface area contributed by atoms with Crippen LogP contribution >= 0.6 is 0 Å². The Morgan fingerprint density at radius 1 is 1.50 bits per heavy atom. The Balaban J connectivity index is 2.42. The van der Waals surface area contributed by atoms with E-state index < -0.39 is 0 Å². The van der Waals surface area contributed by atoms with Crippen molar-refractivity contribution in [1.29, 1.82) is 0 Å². The average Bonchev–Trinajstić information content (AvgIpc) is 2.28. The average molecular weight is 135 g/mol. The van der Waals surface area contributed by atoms with E-state index in [2.05, 4.69) is 27.7 Å². The number of hydrogen-bond donors (Lipinski definition) is 2. The van der Waals surface area contributed by atoms with Crippen molar-refractivity contribution in [2.75, 3.05) is 11.9 Å². The Kier molecular flexibility index (Phi) is 1.20. The van der Waals surface area contributed by atoms with Gasteiger partial charge in [-0.15, -0.1) is 0 Å². The van der Waals surface area contributed by atoms with Crippen molar-refractivity contribution in [2.45, 2.75) is 6.42 Å². The maximum absolute atomic E-state index is 3.91. The van der Waals surface area contributed by atoms with Crippen LogP contribution in [0.3, 0.4) is 0 Å². The van der Waals surface area contributed by atoms with Crippen molar-refractivity contribution in [3.8, 4) is 0 Å². The van der Waals surface area contributed by atoms with Crippen molar-refractivity contribution in [2.24, 2.45) is 0 Å². The van der Waals surface area contributed by atoms with Crippen LogP contribution in [0.2, 0.25) is 0 Å². The summed E-state index contributed by atoms with van der Waals surface area (Å²) in [6.07, 6.45) is 7.14. The minimum atomic E-state index is 0.992. The Morgan fingerprint density at radius 2 is 2.50 bits per heavy atom. The number of rotatable bonds is 0. The summed E-state index contributed by atoms with van der Waals surface area (Å²) in [4.78, 5) is 0. The van der Waals surface area contributed by atoms with Crippen LogP contribution in [-0.4, -0.2) is 16.7 Å². The molecule has 1 aliphatic heterocycles. The van der Waals surface area contributed by atoms with Crippen molar-refractivity contribution in [1.82, 2.24) is 10.2 Å². The molecule has 0 saturated heterocycles. The summed E-state index contributed by atoms with van der Waals surface area (Å²) >= 11 is 0. The van der Waals surface area contributed by atoms with Gasteiger partial charge in [-0.25, -0.2) is 0 Å². The maximum Gasteiger partial charge on any atom is 0.128 e. The van der Waals surface area contributed by atoms with Gasteiger partial charge in [-0.05, 0) is 6.42 Å². The lowest BCUT2D eigenvalue weighted by Gasteiger charge is -1.97. The number of aromatic amines is 1. The molecule has 2 heterocycles. The monoisotopic (exact) mass is 135 g/mol. The predicted octanol–water partition coefficient (Wildman–Crippen LogP) is 1.24. The zero-order chi connectivity index (χ0) is 6.81. The molecule has 0 unspecified atom stereocenters. The summed E-state index contributed by atoms with van der Waals surface area (Å²) < 4.78 is 0. The largest absolute Gasteiger partial charge is 0.370 e. The van der Waals surface area contributed by atoms with Gasteiger partial charge in [0.2, 0.25) is 0 Å². The molecule has 0 aromatic carbocycles. The van der Waals surface area contributed by atoms with Crippen molar-refractivity contribution >= 4 is 11.9 Å². The minimum Gasteiger partial charge on any atom is -0.370 e. The molecule has 2 rings (SSSR count). The molecule has 0 aliphatic carbocycles. The molecule has 0 fully saturated rings. The molecule has 0 radical (unpaired) electrons. The third-order valence-corrected chi connectivity index (χ3v) is 1.58. The highest BCUT2D eigenvalue weighted by atomic mass is 15.2. The molecule has 1 aromatic rings. The molecule has 0 saturated carbocycles. The summed E-state index contributed by atoms with van der Waals surface area (Å²) in [5.41, 5.74) is 1.15. The molecule has 0 amide bonds. The van der Waals surface area contributed by atoms with Gasteiger partial charge < -0.3 is 5.32 Å². The van der Waals surface area contributed by atoms with Crippen LogP contribution < -0.4 is 5.32 Å². The number of anilines is 1. The van der Waals surface area contributed by atoms with Gasteiger partial charge in [0, 0.05) is 12.1 Å². The highest BCUT2D eigenvalue weighted by Crippen LogP contribution is 2.15. The first-order valence-electron chi connectivity index (χ1n) is 3.40. The normalized spacial score (nSPS) is 15.6. The zero-order valence-corrected chi connectivity index (χ0v) is 5.59. The summed E-state index contributed by atoms with van der Waals surface area (Å²) in [5.74, 6) is 1.04. The Bertz CT molecular complexity index is 249. The SMILES string of the molecule is C1=Cc2cn[nH]c2NCC1. The van der Waals surface area contributed by atoms with Gasteiger partial charge in [0.1, 0.15) is 5.82 Å². The molecule has 10 heavy (non-hydrogen) atoms. The van der Waals surface area contributed by atoms with Gasteiger partial charge in [0.15, 0.2) is 0 Å². The summed E-state index contributed by atoms with van der Waals surface area (Å²) in [6, 6.07) is 0. The van der Waals surface area contributed by atoms with Crippen LogP contribution in [0.5, 0.6) is 0 Å². The van der Waals surface area contributed by atoms with Crippen molar-refractivity contribution in [3.63, 3.8) is 0 Å². The second kappa shape index (κ2) is 2.17. The molecule has 0 bridgehead atoms. The Morgan fingerprint density at radius 3 is 3.50 bits per heavy atom. The summed E-state index contributed by atoms with van der Waals surface area (Å²) in [7, 11) is 0. The van der Waals surface area contributed by atoms with Crippen molar-refractivity contribution < 1.29 is 0 Å². The molecule has 1 aliphatic rings. The molecule has 0 atom stereocenters. The fourth-order valence-electron chi connectivity index (χ4n) is 1.05. The van der Waals surface area contributed by atoms with E-state index in [1.807, 2.05) is 6.20 Å². The van der Waals surface area contributed by atoms with E-state index in [4.69, 9.17) is 0 Å². The fraction of sp³-hybridized carbons (Fsp3) is 0.286. The summed E-state index contributed by atoms with van der Waals surface area (Å²) in [5, 5.41) is 10.0. The van der Waals surface area contributed by atoms with Crippen molar-refractivity contribution in [3.05, 3.63) is 17.8 Å². The molecule has 2 N–H and O–H groups in total. The van der Waals surface area contributed by atoms with Gasteiger partial charge in [-0.3, -0.25) is 5.10 Å². The first kappa shape index (κ1) is 5.53. The van der Waals surface area contributed by atoms with E-state index in [1.54, 1.807) is 0 Å². The molecular weight excluding hydrogens is 126 g/mol. The van der Waals surface area contributed by atoms with E-state index in [9.17, 15) is 0 Å². The Labute approximate surface area is 59.1 Å². The third-order valence-electron chi connectivity index (χ3n) is 1.58. The van der Waals surface area contributed by atoms with E-state index in [1.165, 1.54) is 0 Å². The fourth-order valence-corrected chi connectivity index (χ4v) is 1.05. The lowest BCUT2D eigenvalue weighted by Crippen LogP contribution is -1.99. The molecule has 0 spiro atoms. The minimum absolute atomic E-state index is 0.992. The lowest BCUT2D eigenvalue weighted by molar-refractivity contribution is 1.03. The number of aromatic nitrogens is 2. The topological polar surface area (TPSA) is 40.7 Å². The van der Waals surface area contributed by atoms with E-state index in [0.717, 1.165) is 24.3 Å². The maximum atomic E-state index is 3.91. The molecule has 3 heteroatoms. The van der Waals surface area contributed by atoms with E-state index in [-0.39, 0.29) is 0 Å². The number of H-pyrrole nitrogens is 1. The molecule has 52 valence electrons. The summed E-state index contributed by atoms with van der Waals surface area (Å²) in [6.45, 7) is 0.992. The van der Waals surface area contributed by atoms with E-state index in [0.29, 0.717) is 0 Å². The molecular formula is C7H9N3. The predicted molar refractivity (Wildman–Crippen MR) is 40.7 cm³/mol. The van der Waals surface area contributed by atoms with Crippen LogP contribution in [0.15, 0.2) is 12.3 Å². The van der Waals surface area contributed by atoms with Gasteiger partial charge in [0.05, 0.1) is 6.20 Å². The second-order valence-corrected chi connectivity index (χ2v) is 2.32. The lowest BCUT2D eigenvalue weighted by atomic mass is 10.3. The van der Waals surface area contributed by atoms with Gasteiger partial charge in [0.25, 0.3) is 0 Å². The smallest absolute Gasteiger partial charge is 0.128 e. The Hall–Kier alpha value is -1.25. The first-order valence-corrected chi connectivity index (χ1v) is 3.40. The number of nitrogens with zero attached hydrogens (tertiary/aromatic N) is 1. The molecule has 1 aromatic heterocycles. The van der Waals surface area contributed by atoms with Crippen LogP contribution in [0.25, 0.3) is 6.08 Å². The van der Waals surface area contributed by atoms with Crippen LogP contribution in [0.4, 0.5) is 5.82 Å². The quantitative estimate of drug-likeness (QED) is 0.562. The second-order valence-electron chi connectivity index (χ2n) is 2.32. The highest BCUT2D eigenvalue weighted by molar-refractivity contribution is 5.63. The van der Waals surface area contributed by atoms with Gasteiger partial charge in [-0.2, -0.15) is 5.10 Å². The van der Waals surface area contributed by atoms with Crippen LogP contribution in [-0.2, 0) is 0 Å². The first-order chi connectivity index (χ1) is 4.97. The zero-order valence-electron chi connectivity index (χ0n) is 5.59. The highest BCUT2D eigenvalue weighted by Gasteiger charge is 2.01. The van der Waals surface area contributed by atoms with Crippen LogP contribution in [0, 0.1) is 0 Å². The van der Waals surface area contributed by atoms with E-state index >= 15 is 0 Å². The number of fused-ring (bicyclic) bond motifs is 1. The number of hydrogen-bond acceptors (Lipinski definition) is 2. The standard InChI is InChI=1S/C7H9N3/c1-2-4-8-7-6(3-1)5-9-10-7/h1,3,5H,2,4H2,(H2,8,9,10). The number of nitrogens with one attached hydrogen (secondary N) is 2. The third kappa shape index (κ3) is 0.795. The molecule has 3 nitrogen and oxygen atoms in total.